The molecule has 1 unspecified atom stereocenters. The summed E-state index contributed by atoms with van der Waals surface area (Å²) >= 11 is 4.78. The van der Waals surface area contributed by atoms with Gasteiger partial charge >= 0.3 is 0 Å². The van der Waals surface area contributed by atoms with Crippen molar-refractivity contribution in [3.05, 3.63) is 20.3 Å². The molecule has 0 saturated heterocycles. The topological polar surface area (TPSA) is 49.3 Å². The molecular weight excluding hydrogens is 290 g/mol. The Morgan fingerprint density at radius 2 is 2.19 bits per heavy atom. The number of aliphatic hydroxyl groups is 1. The lowest BCUT2D eigenvalue weighted by molar-refractivity contribution is 0.0712. The second kappa shape index (κ2) is 4.85. The summed E-state index contributed by atoms with van der Waals surface area (Å²) in [4.78, 5) is 12.5. The molecule has 1 rings (SSSR count). The Balaban J connectivity index is 2.80. The van der Waals surface area contributed by atoms with Crippen LogP contribution in [0.15, 0.2) is 9.85 Å². The van der Waals surface area contributed by atoms with Crippen LogP contribution < -0.4 is 5.32 Å². The Labute approximate surface area is 108 Å². The molecule has 5 heteroatoms. The molecule has 3 nitrogen and oxygen atoms in total. The van der Waals surface area contributed by atoms with Crippen LogP contribution in [-0.2, 0) is 0 Å². The minimum Gasteiger partial charge on any atom is -0.391 e. The Kier molecular flexibility index (Phi) is 4.15. The van der Waals surface area contributed by atoms with Gasteiger partial charge in [0.25, 0.3) is 5.91 Å². The smallest absolute Gasteiger partial charge is 0.261 e. The van der Waals surface area contributed by atoms with Crippen LogP contribution in [0.3, 0.4) is 0 Å². The number of nitrogens with one attached hydrogen (secondary N) is 1. The van der Waals surface area contributed by atoms with Crippen molar-refractivity contribution in [3.63, 3.8) is 0 Å². The SMILES string of the molecule is Cc1cc(C(=O)NC(C)(C)C(C)O)sc1Br. The van der Waals surface area contributed by atoms with Crippen LogP contribution in [0.1, 0.15) is 36.0 Å². The van der Waals surface area contributed by atoms with Crippen LogP contribution >= 0.6 is 27.3 Å². The van der Waals surface area contributed by atoms with E-state index in [9.17, 15) is 9.90 Å². The average Bonchev–Trinajstić information content (AvgIpc) is 2.46. The molecule has 1 heterocycles. The van der Waals surface area contributed by atoms with Crippen molar-refractivity contribution in [2.24, 2.45) is 0 Å². The number of thiophene rings is 1. The summed E-state index contributed by atoms with van der Waals surface area (Å²) in [5.41, 5.74) is 0.423. The highest BCUT2D eigenvalue weighted by Crippen LogP contribution is 2.27. The number of carbonyl (C=O) groups is 1. The van der Waals surface area contributed by atoms with Gasteiger partial charge in [-0.25, -0.2) is 0 Å². The fraction of sp³-hybridized carbons (Fsp3) is 0.545. The van der Waals surface area contributed by atoms with Gasteiger partial charge in [-0.2, -0.15) is 0 Å². The number of hydrogen-bond acceptors (Lipinski definition) is 3. The van der Waals surface area contributed by atoms with E-state index in [2.05, 4.69) is 21.2 Å². The number of hydrogen-bond donors (Lipinski definition) is 2. The molecule has 0 aliphatic rings. The second-order valence-corrected chi connectivity index (χ2v) is 6.79. The lowest BCUT2D eigenvalue weighted by Crippen LogP contribution is -2.50. The number of halogens is 1. The third-order valence-corrected chi connectivity index (χ3v) is 4.70. The third kappa shape index (κ3) is 3.06. The predicted molar refractivity (Wildman–Crippen MR) is 70.0 cm³/mol. The van der Waals surface area contributed by atoms with Gasteiger partial charge in [0.2, 0.25) is 0 Å². The molecule has 1 aromatic rings. The molecule has 0 aliphatic heterocycles. The summed E-state index contributed by atoms with van der Waals surface area (Å²) in [6.07, 6.45) is -0.596. The molecule has 16 heavy (non-hydrogen) atoms. The minimum atomic E-state index is -0.624. The first-order valence-corrected chi connectivity index (χ1v) is 6.61. The Morgan fingerprint density at radius 3 is 2.56 bits per heavy atom. The van der Waals surface area contributed by atoms with E-state index in [0.29, 0.717) is 4.88 Å². The van der Waals surface area contributed by atoms with E-state index in [1.165, 1.54) is 11.3 Å². The summed E-state index contributed by atoms with van der Waals surface area (Å²) in [6, 6.07) is 1.84. The average molecular weight is 306 g/mol. The van der Waals surface area contributed by atoms with Crippen molar-refractivity contribution in [1.82, 2.24) is 5.32 Å². The fourth-order valence-corrected chi connectivity index (χ4v) is 2.46. The van der Waals surface area contributed by atoms with E-state index >= 15 is 0 Å². The fourth-order valence-electron chi connectivity index (χ4n) is 1.03. The van der Waals surface area contributed by atoms with Crippen molar-refractivity contribution in [3.8, 4) is 0 Å². The first kappa shape index (κ1) is 13.7. The van der Waals surface area contributed by atoms with E-state index in [0.717, 1.165) is 9.35 Å². The Morgan fingerprint density at radius 1 is 1.62 bits per heavy atom. The standard InChI is InChI=1S/C11H16BrNO2S/c1-6-5-8(16-9(6)12)10(15)13-11(3,4)7(2)14/h5,7,14H,1-4H3,(H,13,15). The molecule has 1 atom stereocenters. The molecule has 0 fully saturated rings. The van der Waals surface area contributed by atoms with Crippen LogP contribution in [0.2, 0.25) is 0 Å². The highest BCUT2D eigenvalue weighted by Gasteiger charge is 2.27. The monoisotopic (exact) mass is 305 g/mol. The zero-order valence-corrected chi connectivity index (χ0v) is 12.2. The molecule has 2 N–H and O–H groups in total. The van der Waals surface area contributed by atoms with Crippen LogP contribution in [0, 0.1) is 6.92 Å². The Bertz CT molecular complexity index is 379. The Hall–Kier alpha value is -0.390. The van der Waals surface area contributed by atoms with E-state index < -0.39 is 11.6 Å². The van der Waals surface area contributed by atoms with Gasteiger partial charge in [-0.15, -0.1) is 11.3 Å². The van der Waals surface area contributed by atoms with Gasteiger partial charge in [0.15, 0.2) is 0 Å². The first-order valence-electron chi connectivity index (χ1n) is 5.00. The minimum absolute atomic E-state index is 0.148. The maximum Gasteiger partial charge on any atom is 0.261 e. The number of amides is 1. The molecular formula is C11H16BrNO2S. The quantitative estimate of drug-likeness (QED) is 0.902. The summed E-state index contributed by atoms with van der Waals surface area (Å²) in [6.45, 7) is 7.20. The summed E-state index contributed by atoms with van der Waals surface area (Å²) in [5.74, 6) is -0.148. The van der Waals surface area contributed by atoms with Gasteiger partial charge in [-0.05, 0) is 55.3 Å². The van der Waals surface area contributed by atoms with Crippen LogP contribution in [0.25, 0.3) is 0 Å². The zero-order chi connectivity index (χ0) is 12.5. The van der Waals surface area contributed by atoms with Crippen molar-refractivity contribution in [1.29, 1.82) is 0 Å². The molecule has 0 aliphatic carbocycles. The maximum atomic E-state index is 11.9. The molecule has 1 aromatic heterocycles. The normalized spacial score (nSPS) is 13.6. The highest BCUT2D eigenvalue weighted by molar-refractivity contribution is 9.11. The predicted octanol–water partition coefficient (Wildman–Crippen LogP) is 2.71. The first-order chi connectivity index (χ1) is 7.24. The number of carbonyl (C=O) groups excluding carboxylic acids is 1. The number of aryl methyl sites for hydroxylation is 1. The lowest BCUT2D eigenvalue weighted by Gasteiger charge is -2.29. The van der Waals surface area contributed by atoms with Gasteiger partial charge in [-0.3, -0.25) is 4.79 Å². The molecule has 0 bridgehead atoms. The zero-order valence-electron chi connectivity index (χ0n) is 9.80. The largest absolute Gasteiger partial charge is 0.391 e. The van der Waals surface area contributed by atoms with E-state index in [1.807, 2.05) is 13.0 Å². The van der Waals surface area contributed by atoms with E-state index in [1.54, 1.807) is 20.8 Å². The summed E-state index contributed by atoms with van der Waals surface area (Å²) in [7, 11) is 0. The molecule has 1 amide bonds. The van der Waals surface area contributed by atoms with E-state index in [4.69, 9.17) is 0 Å². The van der Waals surface area contributed by atoms with Gasteiger partial charge in [0.1, 0.15) is 0 Å². The third-order valence-electron chi connectivity index (χ3n) is 2.56. The summed E-state index contributed by atoms with van der Waals surface area (Å²) in [5, 5.41) is 12.3. The number of aliphatic hydroxyl groups excluding tert-OH is 1. The molecule has 0 spiro atoms. The lowest BCUT2D eigenvalue weighted by atomic mass is 9.99. The summed E-state index contributed by atoms with van der Waals surface area (Å²) < 4.78 is 0.965. The van der Waals surface area contributed by atoms with Crippen molar-refractivity contribution < 1.29 is 9.90 Å². The molecule has 0 aromatic carbocycles. The van der Waals surface area contributed by atoms with Crippen LogP contribution in [0.5, 0.6) is 0 Å². The molecule has 90 valence electrons. The highest BCUT2D eigenvalue weighted by atomic mass is 79.9. The van der Waals surface area contributed by atoms with E-state index in [-0.39, 0.29) is 5.91 Å². The van der Waals surface area contributed by atoms with Gasteiger partial charge in [-0.1, -0.05) is 0 Å². The molecule has 0 radical (unpaired) electrons. The maximum absolute atomic E-state index is 11.9. The molecule has 0 saturated carbocycles. The van der Waals surface area contributed by atoms with Gasteiger partial charge in [0.05, 0.1) is 20.3 Å². The van der Waals surface area contributed by atoms with Crippen LogP contribution in [0.4, 0.5) is 0 Å². The van der Waals surface area contributed by atoms with Gasteiger partial charge < -0.3 is 10.4 Å². The van der Waals surface area contributed by atoms with Crippen LogP contribution in [-0.4, -0.2) is 22.7 Å². The van der Waals surface area contributed by atoms with Gasteiger partial charge in [0, 0.05) is 0 Å². The van der Waals surface area contributed by atoms with Crippen molar-refractivity contribution in [2.75, 3.05) is 0 Å². The van der Waals surface area contributed by atoms with Crippen molar-refractivity contribution >= 4 is 33.2 Å². The second-order valence-electron chi connectivity index (χ2n) is 4.42. The number of rotatable bonds is 3. The van der Waals surface area contributed by atoms with Crippen molar-refractivity contribution in [2.45, 2.75) is 39.3 Å².